The van der Waals surface area contributed by atoms with Crippen LogP contribution in [0.5, 0.6) is 0 Å². The zero-order valence-electron chi connectivity index (χ0n) is 24.3. The van der Waals surface area contributed by atoms with Gasteiger partial charge >= 0.3 is 5.97 Å². The van der Waals surface area contributed by atoms with Crippen molar-refractivity contribution < 1.29 is 39.3 Å². The van der Waals surface area contributed by atoms with Gasteiger partial charge in [0.15, 0.2) is 6.29 Å². The minimum Gasteiger partial charge on any atom is -0.478 e. The van der Waals surface area contributed by atoms with Crippen LogP contribution in [0.1, 0.15) is 83.5 Å². The summed E-state index contributed by atoms with van der Waals surface area (Å²) in [5, 5.41) is 30.5. The van der Waals surface area contributed by atoms with Crippen molar-refractivity contribution >= 4 is 29.5 Å². The van der Waals surface area contributed by atoms with Crippen LogP contribution in [-0.4, -0.2) is 45.1 Å². The first-order valence-electron chi connectivity index (χ1n) is 14.6. The van der Waals surface area contributed by atoms with E-state index >= 15 is 0 Å². The van der Waals surface area contributed by atoms with Crippen molar-refractivity contribution in [3.63, 3.8) is 0 Å². The van der Waals surface area contributed by atoms with Crippen molar-refractivity contribution in [3.8, 4) is 0 Å². The van der Waals surface area contributed by atoms with E-state index in [2.05, 4.69) is 5.32 Å². The highest BCUT2D eigenvalue weighted by atomic mass is 32.2. The Morgan fingerprint density at radius 3 is 2.16 bits per heavy atom. The molecule has 0 spiro atoms. The van der Waals surface area contributed by atoms with Crippen LogP contribution in [0.2, 0.25) is 0 Å². The Morgan fingerprint density at radius 2 is 1.48 bits per heavy atom. The predicted octanol–water partition coefficient (Wildman–Crippen LogP) is 5.29. The molecule has 11 heteroatoms. The second-order valence-electron chi connectivity index (χ2n) is 10.6. The van der Waals surface area contributed by atoms with Crippen LogP contribution in [0.4, 0.5) is 0 Å². The number of hydroxylamine groups is 1. The summed E-state index contributed by atoms with van der Waals surface area (Å²) in [6, 6.07) is 22.2. The van der Waals surface area contributed by atoms with Crippen LogP contribution in [-0.2, 0) is 32.2 Å². The summed E-state index contributed by atoms with van der Waals surface area (Å²) < 4.78 is 12.8. The van der Waals surface area contributed by atoms with Crippen molar-refractivity contribution in [3.05, 3.63) is 101 Å². The Hall–Kier alpha value is -3.74. The van der Waals surface area contributed by atoms with E-state index in [1.54, 1.807) is 23.7 Å². The van der Waals surface area contributed by atoms with Gasteiger partial charge in [0, 0.05) is 42.0 Å². The van der Waals surface area contributed by atoms with Gasteiger partial charge in [-0.15, -0.1) is 11.8 Å². The van der Waals surface area contributed by atoms with Gasteiger partial charge in [0.05, 0.1) is 24.4 Å². The molecule has 0 bridgehead atoms. The summed E-state index contributed by atoms with van der Waals surface area (Å²) in [7, 11) is 0. The molecule has 4 rings (SSSR count). The highest BCUT2D eigenvalue weighted by Crippen LogP contribution is 2.39. The molecule has 5 N–H and O–H groups in total. The number of amides is 2. The number of aromatic carboxylic acids is 1. The Morgan fingerprint density at radius 1 is 0.818 bits per heavy atom. The number of aliphatic hydroxyl groups excluding tert-OH is 1. The van der Waals surface area contributed by atoms with E-state index in [0.717, 1.165) is 28.7 Å². The number of hydrogen-bond acceptors (Lipinski definition) is 8. The third-order valence-electron chi connectivity index (χ3n) is 7.33. The molecular formula is C33H38N2O8S. The summed E-state index contributed by atoms with van der Waals surface area (Å²) in [6.45, 7) is 0.332. The Bertz CT molecular complexity index is 1380. The highest BCUT2D eigenvalue weighted by molar-refractivity contribution is 7.99. The van der Waals surface area contributed by atoms with Gasteiger partial charge in [-0.3, -0.25) is 14.8 Å². The van der Waals surface area contributed by atoms with Crippen LogP contribution in [0.25, 0.3) is 0 Å². The molecule has 10 nitrogen and oxygen atoms in total. The summed E-state index contributed by atoms with van der Waals surface area (Å²) in [5.74, 6) is -0.931. The van der Waals surface area contributed by atoms with Crippen molar-refractivity contribution in [1.29, 1.82) is 0 Å². The number of hydrogen-bond donors (Lipinski definition) is 5. The third kappa shape index (κ3) is 9.90. The second kappa shape index (κ2) is 16.9. The second-order valence-corrected chi connectivity index (χ2v) is 11.6. The van der Waals surface area contributed by atoms with Crippen LogP contribution >= 0.6 is 11.8 Å². The van der Waals surface area contributed by atoms with Gasteiger partial charge in [-0.1, -0.05) is 67.1 Å². The number of carbonyl (C=O) groups excluding carboxylic acids is 2. The first-order valence-corrected chi connectivity index (χ1v) is 15.6. The summed E-state index contributed by atoms with van der Waals surface area (Å²) in [6.07, 6.45) is 2.02. The van der Waals surface area contributed by atoms with Gasteiger partial charge in [-0.25, -0.2) is 10.3 Å². The number of aliphatic hydroxyl groups is 1. The molecule has 1 fully saturated rings. The Labute approximate surface area is 260 Å². The highest BCUT2D eigenvalue weighted by Gasteiger charge is 2.32. The number of ether oxygens (including phenoxy) is 2. The monoisotopic (exact) mass is 622 g/mol. The molecule has 234 valence electrons. The van der Waals surface area contributed by atoms with Crippen LogP contribution in [0.3, 0.4) is 0 Å². The van der Waals surface area contributed by atoms with Crippen molar-refractivity contribution in [1.82, 2.24) is 10.8 Å². The molecule has 0 aromatic heterocycles. The van der Waals surface area contributed by atoms with E-state index < -0.39 is 18.2 Å². The lowest BCUT2D eigenvalue weighted by atomic mass is 10.0. The number of benzene rings is 3. The fourth-order valence-corrected chi connectivity index (χ4v) is 5.93. The molecule has 3 aromatic rings. The fourth-order valence-electron chi connectivity index (χ4n) is 4.86. The number of unbranched alkanes of at least 4 members (excludes halogenated alkanes) is 2. The largest absolute Gasteiger partial charge is 0.478 e. The molecule has 1 aliphatic rings. The molecule has 0 aliphatic carbocycles. The van der Waals surface area contributed by atoms with Crippen LogP contribution < -0.4 is 10.8 Å². The number of carboxylic acids is 1. The molecule has 1 saturated heterocycles. The Balaban J connectivity index is 1.37. The molecule has 1 aliphatic heterocycles. The summed E-state index contributed by atoms with van der Waals surface area (Å²) >= 11 is 1.44. The smallest absolute Gasteiger partial charge is 0.336 e. The molecule has 1 heterocycles. The van der Waals surface area contributed by atoms with E-state index in [1.807, 2.05) is 54.6 Å². The standard InChI is InChI=1S/C33H38N2O8S/c36-20-23-12-14-24(15-13-23)28-18-26(21-44-29-7-5-4-6-27(29)32(39)40)42-33(43-28)25-16-10-22(11-17-25)19-34-30(37)8-2-1-3-9-31(38)35-41/h4-7,10-17,26,28,33,36,41H,1-3,8-9,18-21H2,(H,34,37)(H,35,38)(H,39,40)/t26-,28+,33+/m1/s1. The number of rotatable bonds is 15. The van der Waals surface area contributed by atoms with Crippen molar-refractivity contribution in [2.24, 2.45) is 0 Å². The van der Waals surface area contributed by atoms with Gasteiger partial charge in [0.25, 0.3) is 0 Å². The maximum Gasteiger partial charge on any atom is 0.336 e. The molecule has 0 radical (unpaired) electrons. The van der Waals surface area contributed by atoms with Crippen LogP contribution in [0, 0.1) is 0 Å². The average Bonchev–Trinajstić information content (AvgIpc) is 3.06. The zero-order valence-corrected chi connectivity index (χ0v) is 25.1. The van der Waals surface area contributed by atoms with Crippen molar-refractivity contribution in [2.75, 3.05) is 5.75 Å². The number of carboxylic acid groups (broad SMARTS) is 1. The van der Waals surface area contributed by atoms with Gasteiger partial charge in [-0.2, -0.15) is 0 Å². The topological polar surface area (TPSA) is 154 Å². The SMILES string of the molecule is O=C(CCCCCC(=O)NCc1ccc([C@H]2O[C@@H](CSc3ccccc3C(=O)O)C[C@@H](c3ccc(CO)cc3)O2)cc1)NO. The molecule has 2 amide bonds. The summed E-state index contributed by atoms with van der Waals surface area (Å²) in [4.78, 5) is 35.6. The quantitative estimate of drug-likeness (QED) is 0.0659. The molecule has 44 heavy (non-hydrogen) atoms. The maximum atomic E-state index is 12.2. The first-order chi connectivity index (χ1) is 21.4. The van der Waals surface area contributed by atoms with Gasteiger partial charge in [-0.05, 0) is 41.7 Å². The number of thioether (sulfide) groups is 1. The lowest BCUT2D eigenvalue weighted by Gasteiger charge is -2.36. The summed E-state index contributed by atoms with van der Waals surface area (Å²) in [5.41, 5.74) is 5.38. The maximum absolute atomic E-state index is 12.2. The van der Waals surface area contributed by atoms with E-state index in [1.165, 1.54) is 11.8 Å². The van der Waals surface area contributed by atoms with Gasteiger partial charge < -0.3 is 25.0 Å². The average molecular weight is 623 g/mol. The number of nitrogens with one attached hydrogen (secondary N) is 2. The molecule has 0 unspecified atom stereocenters. The minimum atomic E-state index is -0.971. The van der Waals surface area contributed by atoms with Gasteiger partial charge in [0.2, 0.25) is 11.8 Å². The van der Waals surface area contributed by atoms with Gasteiger partial charge in [0.1, 0.15) is 0 Å². The predicted molar refractivity (Wildman–Crippen MR) is 164 cm³/mol. The van der Waals surface area contributed by atoms with E-state index in [9.17, 15) is 24.6 Å². The molecule has 3 atom stereocenters. The molecular weight excluding hydrogens is 584 g/mol. The van der Waals surface area contributed by atoms with E-state index in [-0.39, 0.29) is 36.7 Å². The third-order valence-corrected chi connectivity index (χ3v) is 8.54. The minimum absolute atomic E-state index is 0.0436. The normalized spacial score (nSPS) is 18.0. The number of carbonyl (C=O) groups is 3. The molecule has 0 saturated carbocycles. The first kappa shape index (κ1) is 33.2. The molecule has 3 aromatic carbocycles. The fraction of sp³-hybridized carbons (Fsp3) is 0.364. The Kier molecular flexibility index (Phi) is 12.8. The zero-order chi connectivity index (χ0) is 31.3. The van der Waals surface area contributed by atoms with E-state index in [0.29, 0.717) is 42.9 Å². The van der Waals surface area contributed by atoms with Crippen LogP contribution in [0.15, 0.2) is 77.7 Å². The lowest BCUT2D eigenvalue weighted by Crippen LogP contribution is -2.31. The van der Waals surface area contributed by atoms with E-state index in [4.69, 9.17) is 14.7 Å². The van der Waals surface area contributed by atoms with Crippen molar-refractivity contribution in [2.45, 2.75) is 75.1 Å². The lowest BCUT2D eigenvalue weighted by molar-refractivity contribution is -0.245.